The van der Waals surface area contributed by atoms with Crippen LogP contribution in [0, 0.1) is 0 Å². The highest BCUT2D eigenvalue weighted by atomic mass is 35.5. The van der Waals surface area contributed by atoms with E-state index in [1.807, 2.05) is 29.9 Å². The third kappa shape index (κ3) is 1.44. The average molecular weight is 249 g/mol. The number of aromatic nitrogens is 2. The Morgan fingerprint density at radius 1 is 1.31 bits per heavy atom. The lowest BCUT2D eigenvalue weighted by Gasteiger charge is -2.00. The van der Waals surface area contributed by atoms with Crippen molar-refractivity contribution in [2.75, 3.05) is 0 Å². The molecule has 0 unspecified atom stereocenters. The molecule has 0 aliphatic heterocycles. The molecule has 0 aliphatic carbocycles. The lowest BCUT2D eigenvalue weighted by atomic mass is 10.2. The molecule has 2 aromatic heterocycles. The van der Waals surface area contributed by atoms with Gasteiger partial charge in [-0.2, -0.15) is 0 Å². The summed E-state index contributed by atoms with van der Waals surface area (Å²) in [5.74, 6) is 0. The van der Waals surface area contributed by atoms with E-state index in [9.17, 15) is 0 Å². The highest BCUT2D eigenvalue weighted by Gasteiger charge is 2.08. The molecule has 0 spiro atoms. The van der Waals surface area contributed by atoms with E-state index in [1.54, 1.807) is 11.3 Å². The minimum absolute atomic E-state index is 0.772. The lowest BCUT2D eigenvalue weighted by molar-refractivity contribution is 0.981. The van der Waals surface area contributed by atoms with E-state index < -0.39 is 0 Å². The molecule has 0 N–H and O–H groups in total. The second kappa shape index (κ2) is 3.61. The summed E-state index contributed by atoms with van der Waals surface area (Å²) in [5.41, 5.74) is 4.22. The summed E-state index contributed by atoms with van der Waals surface area (Å²) in [7, 11) is 2.06. The summed E-state index contributed by atoms with van der Waals surface area (Å²) in [4.78, 5) is 5.28. The Balaban J connectivity index is 2.31. The van der Waals surface area contributed by atoms with Crippen molar-refractivity contribution < 1.29 is 0 Å². The monoisotopic (exact) mass is 248 g/mol. The van der Waals surface area contributed by atoms with Crippen molar-refractivity contribution in [1.29, 1.82) is 0 Å². The molecule has 0 radical (unpaired) electrons. The summed E-state index contributed by atoms with van der Waals surface area (Å²) in [5, 5.41) is 1.94. The van der Waals surface area contributed by atoms with Crippen LogP contribution in [-0.2, 0) is 7.05 Å². The van der Waals surface area contributed by atoms with Gasteiger partial charge in [-0.1, -0.05) is 11.6 Å². The Labute approximate surface area is 102 Å². The van der Waals surface area contributed by atoms with Gasteiger partial charge in [-0.25, -0.2) is 0 Å². The average Bonchev–Trinajstić information content (AvgIpc) is 2.86. The molecule has 0 amide bonds. The van der Waals surface area contributed by atoms with Crippen LogP contribution >= 0.6 is 22.9 Å². The molecule has 2 nitrogen and oxygen atoms in total. The molecule has 3 rings (SSSR count). The molecule has 0 fully saturated rings. The van der Waals surface area contributed by atoms with Crippen molar-refractivity contribution in [1.82, 2.24) is 9.55 Å². The van der Waals surface area contributed by atoms with E-state index in [4.69, 9.17) is 11.6 Å². The Morgan fingerprint density at radius 3 is 2.94 bits per heavy atom. The van der Waals surface area contributed by atoms with Gasteiger partial charge in [0.25, 0.3) is 0 Å². The first-order valence-corrected chi connectivity index (χ1v) is 6.15. The third-order valence-corrected chi connectivity index (χ3v) is 3.72. The van der Waals surface area contributed by atoms with Crippen molar-refractivity contribution in [2.45, 2.75) is 0 Å². The molecule has 4 heteroatoms. The van der Waals surface area contributed by atoms with E-state index in [0.29, 0.717) is 0 Å². The van der Waals surface area contributed by atoms with Crippen molar-refractivity contribution >= 4 is 33.8 Å². The number of hydrogen-bond acceptors (Lipinski definition) is 2. The van der Waals surface area contributed by atoms with Crippen LogP contribution in [0.2, 0.25) is 5.02 Å². The molecule has 0 saturated carbocycles. The van der Waals surface area contributed by atoms with E-state index in [1.165, 1.54) is 21.5 Å². The summed E-state index contributed by atoms with van der Waals surface area (Å²) in [6.07, 6.45) is 1.89. The molecule has 80 valence electrons. The van der Waals surface area contributed by atoms with Crippen LogP contribution in [-0.4, -0.2) is 9.55 Å². The van der Waals surface area contributed by atoms with Gasteiger partial charge in [-0.3, -0.25) is 4.98 Å². The van der Waals surface area contributed by atoms with E-state index in [0.717, 1.165) is 5.02 Å². The predicted octanol–water partition coefficient (Wildman–Crippen LogP) is 3.96. The van der Waals surface area contributed by atoms with Gasteiger partial charge >= 0.3 is 0 Å². The molecule has 0 atom stereocenters. The minimum atomic E-state index is 0.772. The standard InChI is InChI=1S/C12H9ClN2S/c1-15-10-3-2-9(13)4-8(10)5-11(15)12-6-14-7-16-12/h2-7H,1H3. The number of benzene rings is 1. The SMILES string of the molecule is Cn1c(-c2cncs2)cc2cc(Cl)ccc21. The summed E-state index contributed by atoms with van der Waals surface area (Å²) in [6.45, 7) is 0. The summed E-state index contributed by atoms with van der Waals surface area (Å²) in [6, 6.07) is 8.10. The zero-order valence-electron chi connectivity index (χ0n) is 8.64. The zero-order chi connectivity index (χ0) is 11.1. The van der Waals surface area contributed by atoms with Crippen LogP contribution in [0.3, 0.4) is 0 Å². The number of aryl methyl sites for hydroxylation is 1. The van der Waals surface area contributed by atoms with Crippen molar-refractivity contribution in [3.8, 4) is 10.6 Å². The van der Waals surface area contributed by atoms with Gasteiger partial charge in [-0.05, 0) is 24.3 Å². The van der Waals surface area contributed by atoms with Crippen LogP contribution in [0.15, 0.2) is 36.0 Å². The van der Waals surface area contributed by atoms with Gasteiger partial charge in [-0.15, -0.1) is 11.3 Å². The van der Waals surface area contributed by atoms with Crippen molar-refractivity contribution in [2.24, 2.45) is 7.05 Å². The van der Waals surface area contributed by atoms with Gasteiger partial charge in [0, 0.05) is 29.2 Å². The Hall–Kier alpha value is -1.32. The maximum Gasteiger partial charge on any atom is 0.0798 e. The highest BCUT2D eigenvalue weighted by Crippen LogP contribution is 2.30. The number of thiazole rings is 1. The number of nitrogens with zero attached hydrogens (tertiary/aromatic N) is 2. The highest BCUT2D eigenvalue weighted by molar-refractivity contribution is 7.13. The van der Waals surface area contributed by atoms with Gasteiger partial charge in [0.1, 0.15) is 0 Å². The topological polar surface area (TPSA) is 17.8 Å². The fourth-order valence-electron chi connectivity index (χ4n) is 1.90. The van der Waals surface area contributed by atoms with Crippen LogP contribution in [0.25, 0.3) is 21.5 Å². The van der Waals surface area contributed by atoms with Crippen LogP contribution in [0.1, 0.15) is 0 Å². The Bertz CT molecular complexity index is 640. The van der Waals surface area contributed by atoms with E-state index in [2.05, 4.69) is 22.7 Å². The maximum absolute atomic E-state index is 5.99. The summed E-state index contributed by atoms with van der Waals surface area (Å²) >= 11 is 7.63. The van der Waals surface area contributed by atoms with E-state index in [-0.39, 0.29) is 0 Å². The molecule has 16 heavy (non-hydrogen) atoms. The smallest absolute Gasteiger partial charge is 0.0798 e. The van der Waals surface area contributed by atoms with Gasteiger partial charge in [0.15, 0.2) is 0 Å². The third-order valence-electron chi connectivity index (χ3n) is 2.69. The molecule has 0 aliphatic rings. The van der Waals surface area contributed by atoms with Crippen molar-refractivity contribution in [3.63, 3.8) is 0 Å². The predicted molar refractivity (Wildman–Crippen MR) is 69.0 cm³/mol. The van der Waals surface area contributed by atoms with Crippen LogP contribution in [0.5, 0.6) is 0 Å². The molecule has 0 bridgehead atoms. The minimum Gasteiger partial charge on any atom is -0.343 e. The Morgan fingerprint density at radius 2 is 2.19 bits per heavy atom. The normalized spacial score (nSPS) is 11.1. The number of rotatable bonds is 1. The van der Waals surface area contributed by atoms with Crippen LogP contribution in [0.4, 0.5) is 0 Å². The second-order valence-corrected chi connectivity index (χ2v) is 4.98. The molecular weight excluding hydrogens is 240 g/mol. The first-order valence-electron chi connectivity index (χ1n) is 4.89. The van der Waals surface area contributed by atoms with E-state index >= 15 is 0 Å². The number of fused-ring (bicyclic) bond motifs is 1. The maximum atomic E-state index is 5.99. The molecular formula is C12H9ClN2S. The number of hydrogen-bond donors (Lipinski definition) is 0. The molecule has 1 aromatic carbocycles. The molecule has 2 heterocycles. The largest absolute Gasteiger partial charge is 0.343 e. The first-order chi connectivity index (χ1) is 7.75. The quantitative estimate of drug-likeness (QED) is 0.638. The molecule has 0 saturated heterocycles. The fraction of sp³-hybridized carbons (Fsp3) is 0.0833. The fourth-order valence-corrected chi connectivity index (χ4v) is 2.75. The zero-order valence-corrected chi connectivity index (χ0v) is 10.2. The van der Waals surface area contributed by atoms with Crippen molar-refractivity contribution in [3.05, 3.63) is 41.0 Å². The van der Waals surface area contributed by atoms with Gasteiger partial charge < -0.3 is 4.57 Å². The summed E-state index contributed by atoms with van der Waals surface area (Å²) < 4.78 is 2.17. The van der Waals surface area contributed by atoms with Gasteiger partial charge in [0.2, 0.25) is 0 Å². The lowest BCUT2D eigenvalue weighted by Crippen LogP contribution is -1.88. The number of halogens is 1. The first kappa shape index (κ1) is 9.87. The molecule has 3 aromatic rings. The van der Waals surface area contributed by atoms with Gasteiger partial charge in [0.05, 0.1) is 16.1 Å². The van der Waals surface area contributed by atoms with Crippen LogP contribution < -0.4 is 0 Å². The Kier molecular flexibility index (Phi) is 2.23. The second-order valence-electron chi connectivity index (χ2n) is 3.66.